The van der Waals surface area contributed by atoms with Crippen LogP contribution in [0.2, 0.25) is 0 Å². The van der Waals surface area contributed by atoms with Crippen LogP contribution in [0.25, 0.3) is 0 Å². The number of aromatic hydroxyl groups is 1. The van der Waals surface area contributed by atoms with Gasteiger partial charge in [-0.15, -0.1) is 0 Å². The Morgan fingerprint density at radius 1 is 1.37 bits per heavy atom. The number of para-hydroxylation sites is 1. The summed E-state index contributed by atoms with van der Waals surface area (Å²) in [5.74, 6) is -0.0743. The molecule has 1 amide bonds. The monoisotopic (exact) mass is 261 g/mol. The van der Waals surface area contributed by atoms with E-state index in [1.54, 1.807) is 25.1 Å². The van der Waals surface area contributed by atoms with Gasteiger partial charge in [0.25, 0.3) is 5.91 Å². The van der Waals surface area contributed by atoms with Crippen molar-refractivity contribution in [1.29, 1.82) is 0 Å². The molecule has 0 aliphatic heterocycles. The lowest BCUT2D eigenvalue weighted by molar-refractivity contribution is 0.0850. The molecule has 0 radical (unpaired) electrons. The van der Waals surface area contributed by atoms with Crippen LogP contribution in [0.5, 0.6) is 5.75 Å². The predicted octanol–water partition coefficient (Wildman–Crippen LogP) is 3.40. The summed E-state index contributed by atoms with van der Waals surface area (Å²) in [4.78, 5) is 12.3. The molecule has 0 spiro atoms. The number of phenols is 1. The van der Waals surface area contributed by atoms with Gasteiger partial charge in [-0.05, 0) is 36.8 Å². The smallest absolute Gasteiger partial charge is 0.255 e. The molecule has 1 saturated carbocycles. The summed E-state index contributed by atoms with van der Waals surface area (Å²) in [6.45, 7) is 6.21. The summed E-state index contributed by atoms with van der Waals surface area (Å²) >= 11 is 0. The van der Waals surface area contributed by atoms with Crippen LogP contribution in [-0.4, -0.2) is 17.1 Å². The topological polar surface area (TPSA) is 49.3 Å². The highest BCUT2D eigenvalue weighted by atomic mass is 16.3. The van der Waals surface area contributed by atoms with Crippen molar-refractivity contribution in [1.82, 2.24) is 5.32 Å². The fourth-order valence-corrected chi connectivity index (χ4v) is 2.84. The number of carbonyl (C=O) groups is 1. The van der Waals surface area contributed by atoms with E-state index in [0.717, 1.165) is 24.8 Å². The van der Waals surface area contributed by atoms with E-state index in [2.05, 4.69) is 19.2 Å². The first-order valence-electron chi connectivity index (χ1n) is 7.01. The maximum Gasteiger partial charge on any atom is 0.255 e. The first-order chi connectivity index (χ1) is 8.92. The zero-order valence-electron chi connectivity index (χ0n) is 12.0. The van der Waals surface area contributed by atoms with Crippen molar-refractivity contribution < 1.29 is 9.90 Å². The molecule has 3 heteroatoms. The van der Waals surface area contributed by atoms with Gasteiger partial charge >= 0.3 is 0 Å². The highest BCUT2D eigenvalue weighted by Crippen LogP contribution is 2.35. The Morgan fingerprint density at radius 3 is 2.79 bits per heavy atom. The van der Waals surface area contributed by atoms with Gasteiger partial charge in [-0.2, -0.15) is 0 Å². The Labute approximate surface area is 115 Å². The van der Waals surface area contributed by atoms with Crippen LogP contribution in [-0.2, 0) is 0 Å². The van der Waals surface area contributed by atoms with E-state index in [-0.39, 0.29) is 23.1 Å². The summed E-state index contributed by atoms with van der Waals surface area (Å²) in [7, 11) is 0. The molecule has 1 unspecified atom stereocenters. The standard InChI is InChI=1S/C16H23NO2/c1-11-7-6-8-12(14(11)18)15(19)17-13-9-4-5-10-16(13,2)3/h6-8,13,18H,4-5,9-10H2,1-3H3,(H,17,19). The number of hydrogen-bond acceptors (Lipinski definition) is 2. The van der Waals surface area contributed by atoms with Gasteiger partial charge in [-0.1, -0.05) is 38.8 Å². The Balaban J connectivity index is 2.15. The van der Waals surface area contributed by atoms with Gasteiger partial charge in [0.2, 0.25) is 0 Å². The highest BCUT2D eigenvalue weighted by molar-refractivity contribution is 5.97. The van der Waals surface area contributed by atoms with Gasteiger partial charge in [-0.3, -0.25) is 4.79 Å². The van der Waals surface area contributed by atoms with Gasteiger partial charge in [0.1, 0.15) is 5.75 Å². The average Bonchev–Trinajstić information content (AvgIpc) is 2.35. The summed E-state index contributed by atoms with van der Waals surface area (Å²) in [6.07, 6.45) is 4.55. The SMILES string of the molecule is Cc1cccc(C(=O)NC2CCCCC2(C)C)c1O. The van der Waals surface area contributed by atoms with Gasteiger partial charge in [0.15, 0.2) is 0 Å². The number of benzene rings is 1. The summed E-state index contributed by atoms with van der Waals surface area (Å²) < 4.78 is 0. The second-order valence-corrected chi connectivity index (χ2v) is 6.23. The van der Waals surface area contributed by atoms with Gasteiger partial charge in [-0.25, -0.2) is 0 Å². The van der Waals surface area contributed by atoms with E-state index >= 15 is 0 Å². The highest BCUT2D eigenvalue weighted by Gasteiger charge is 2.33. The fourth-order valence-electron chi connectivity index (χ4n) is 2.84. The van der Waals surface area contributed by atoms with Gasteiger partial charge in [0.05, 0.1) is 5.56 Å². The Bertz CT molecular complexity index is 480. The molecule has 0 saturated heterocycles. The van der Waals surface area contributed by atoms with Crippen LogP contribution >= 0.6 is 0 Å². The van der Waals surface area contributed by atoms with Crippen molar-refractivity contribution >= 4 is 5.91 Å². The largest absolute Gasteiger partial charge is 0.507 e. The summed E-state index contributed by atoms with van der Waals surface area (Å²) in [5.41, 5.74) is 1.24. The van der Waals surface area contributed by atoms with Crippen molar-refractivity contribution in [3.05, 3.63) is 29.3 Å². The quantitative estimate of drug-likeness (QED) is 0.857. The number of amides is 1. The lowest BCUT2D eigenvalue weighted by Gasteiger charge is -2.39. The minimum absolute atomic E-state index is 0.0913. The number of hydrogen-bond donors (Lipinski definition) is 2. The van der Waals surface area contributed by atoms with E-state index in [4.69, 9.17) is 0 Å². The Kier molecular flexibility index (Phi) is 3.83. The number of aryl methyl sites for hydroxylation is 1. The van der Waals surface area contributed by atoms with E-state index in [1.807, 2.05) is 0 Å². The number of phenolic OH excluding ortho intramolecular Hbond substituents is 1. The summed E-state index contributed by atoms with van der Waals surface area (Å²) in [6, 6.07) is 5.47. The van der Waals surface area contributed by atoms with Crippen molar-refractivity contribution in [3.8, 4) is 5.75 Å². The maximum absolute atomic E-state index is 12.3. The molecule has 2 rings (SSSR count). The Hall–Kier alpha value is -1.51. The number of rotatable bonds is 2. The molecule has 1 aromatic rings. The third-order valence-electron chi connectivity index (χ3n) is 4.29. The third-order valence-corrected chi connectivity index (χ3v) is 4.29. The van der Waals surface area contributed by atoms with Crippen molar-refractivity contribution in [2.45, 2.75) is 52.5 Å². The zero-order valence-corrected chi connectivity index (χ0v) is 12.0. The van der Waals surface area contributed by atoms with Crippen LogP contribution < -0.4 is 5.32 Å². The predicted molar refractivity (Wildman–Crippen MR) is 76.3 cm³/mol. The minimum Gasteiger partial charge on any atom is -0.507 e. The fraction of sp³-hybridized carbons (Fsp3) is 0.562. The molecule has 104 valence electrons. The molecule has 1 aliphatic rings. The molecule has 3 nitrogen and oxygen atoms in total. The van der Waals surface area contributed by atoms with E-state index < -0.39 is 0 Å². The van der Waals surface area contributed by atoms with Crippen LogP contribution in [0.3, 0.4) is 0 Å². The van der Waals surface area contributed by atoms with E-state index in [0.29, 0.717) is 5.56 Å². The zero-order chi connectivity index (χ0) is 14.0. The Morgan fingerprint density at radius 2 is 2.11 bits per heavy atom. The van der Waals surface area contributed by atoms with Crippen LogP contribution in [0, 0.1) is 12.3 Å². The van der Waals surface area contributed by atoms with Crippen LogP contribution in [0.15, 0.2) is 18.2 Å². The van der Waals surface area contributed by atoms with E-state index in [1.165, 1.54) is 6.42 Å². The normalized spacial score (nSPS) is 21.9. The minimum atomic E-state index is -0.166. The summed E-state index contributed by atoms with van der Waals surface area (Å²) in [5, 5.41) is 13.1. The molecule has 0 bridgehead atoms. The maximum atomic E-state index is 12.3. The molecule has 1 aliphatic carbocycles. The molecule has 1 aromatic carbocycles. The van der Waals surface area contributed by atoms with Crippen LogP contribution in [0.4, 0.5) is 0 Å². The second-order valence-electron chi connectivity index (χ2n) is 6.23. The average molecular weight is 261 g/mol. The molecular formula is C16H23NO2. The third kappa shape index (κ3) is 2.91. The molecule has 0 heterocycles. The van der Waals surface area contributed by atoms with Gasteiger partial charge < -0.3 is 10.4 Å². The molecule has 19 heavy (non-hydrogen) atoms. The lowest BCUT2D eigenvalue weighted by atomic mass is 9.73. The van der Waals surface area contributed by atoms with Crippen molar-refractivity contribution in [2.75, 3.05) is 0 Å². The first-order valence-corrected chi connectivity index (χ1v) is 7.01. The molecular weight excluding hydrogens is 238 g/mol. The van der Waals surface area contributed by atoms with Crippen molar-refractivity contribution in [2.24, 2.45) is 5.41 Å². The molecule has 2 N–H and O–H groups in total. The number of carbonyl (C=O) groups excluding carboxylic acids is 1. The first kappa shape index (κ1) is 13.9. The molecule has 1 atom stereocenters. The molecule has 1 fully saturated rings. The lowest BCUT2D eigenvalue weighted by Crippen LogP contribution is -2.46. The number of nitrogens with one attached hydrogen (secondary N) is 1. The van der Waals surface area contributed by atoms with Gasteiger partial charge in [0, 0.05) is 6.04 Å². The van der Waals surface area contributed by atoms with Crippen LogP contribution in [0.1, 0.15) is 55.5 Å². The van der Waals surface area contributed by atoms with Crippen molar-refractivity contribution in [3.63, 3.8) is 0 Å². The van der Waals surface area contributed by atoms with E-state index in [9.17, 15) is 9.90 Å². The molecule has 0 aromatic heterocycles. The second kappa shape index (κ2) is 5.24.